The molecule has 0 saturated heterocycles. The maximum absolute atomic E-state index is 11.3. The van der Waals surface area contributed by atoms with Crippen LogP contribution in [0.25, 0.3) is 0 Å². The molecule has 94 valence electrons. The molecule has 0 amide bonds. The van der Waals surface area contributed by atoms with Crippen LogP contribution in [0.4, 0.5) is 0 Å². The minimum absolute atomic E-state index is 0.106. The van der Waals surface area contributed by atoms with Gasteiger partial charge in [0.25, 0.3) is 0 Å². The lowest BCUT2D eigenvalue weighted by Crippen LogP contribution is -2.18. The van der Waals surface area contributed by atoms with E-state index in [1.807, 2.05) is 26.0 Å². The molecule has 0 bridgehead atoms. The average molecular weight is 235 g/mol. The van der Waals surface area contributed by atoms with Crippen molar-refractivity contribution in [1.82, 2.24) is 0 Å². The number of rotatable bonds is 5. The number of carbonyl (C=O) groups is 1. The van der Waals surface area contributed by atoms with E-state index in [0.29, 0.717) is 6.42 Å². The molecule has 3 heteroatoms. The van der Waals surface area contributed by atoms with E-state index in [-0.39, 0.29) is 17.9 Å². The van der Waals surface area contributed by atoms with Crippen LogP contribution in [0.1, 0.15) is 25.0 Å². The third-order valence-electron chi connectivity index (χ3n) is 2.69. The van der Waals surface area contributed by atoms with Gasteiger partial charge in [0.05, 0.1) is 13.0 Å². The van der Waals surface area contributed by atoms with Gasteiger partial charge in [0.15, 0.2) is 0 Å². The normalized spacial score (nSPS) is 14.1. The Morgan fingerprint density at radius 2 is 1.88 bits per heavy atom. The molecule has 17 heavy (non-hydrogen) atoms. The Balaban J connectivity index is 2.68. The van der Waals surface area contributed by atoms with Gasteiger partial charge in [-0.3, -0.25) is 4.79 Å². The second-order valence-electron chi connectivity index (χ2n) is 4.63. The van der Waals surface area contributed by atoms with Gasteiger partial charge in [-0.2, -0.15) is 0 Å². The van der Waals surface area contributed by atoms with Crippen LogP contribution >= 0.6 is 0 Å². The first-order valence-electron chi connectivity index (χ1n) is 5.94. The minimum Gasteiger partial charge on any atom is -0.469 e. The highest BCUT2D eigenvalue weighted by molar-refractivity contribution is 5.72. The first-order chi connectivity index (χ1) is 8.02. The summed E-state index contributed by atoms with van der Waals surface area (Å²) in [4.78, 5) is 11.3. The average Bonchev–Trinajstić information content (AvgIpc) is 2.27. The Bertz CT molecular complexity index is 374. The van der Waals surface area contributed by atoms with Gasteiger partial charge in [0.1, 0.15) is 0 Å². The Kier molecular flexibility index (Phi) is 5.16. The van der Waals surface area contributed by atoms with Crippen LogP contribution in [-0.4, -0.2) is 19.1 Å². The van der Waals surface area contributed by atoms with Crippen LogP contribution in [-0.2, 0) is 22.4 Å². The van der Waals surface area contributed by atoms with Gasteiger partial charge >= 0.3 is 5.97 Å². The zero-order valence-electron chi connectivity index (χ0n) is 10.8. The number of hydrogen-bond acceptors (Lipinski definition) is 3. The smallest absolute Gasteiger partial charge is 0.308 e. The predicted molar refractivity (Wildman–Crippen MR) is 68.7 cm³/mol. The minimum atomic E-state index is -0.164. The van der Waals surface area contributed by atoms with Crippen molar-refractivity contribution in [1.29, 1.82) is 0 Å². The Morgan fingerprint density at radius 3 is 2.41 bits per heavy atom. The van der Waals surface area contributed by atoms with E-state index in [1.54, 1.807) is 0 Å². The summed E-state index contributed by atoms with van der Waals surface area (Å²) in [5, 5.41) is 0. The molecule has 1 aromatic carbocycles. The molecule has 0 radical (unpaired) electrons. The lowest BCUT2D eigenvalue weighted by atomic mass is 9.98. The zero-order valence-corrected chi connectivity index (χ0v) is 10.8. The predicted octanol–water partition coefficient (Wildman–Crippen LogP) is 1.93. The fraction of sp³-hybridized carbons (Fsp3) is 0.500. The standard InChI is InChI=1S/C14H21NO2/c1-10(14(16)17-3)7-12-5-4-6-13(9-12)8-11(2)15/h4-6,9-11H,7-8,15H2,1-3H3. The van der Waals surface area contributed by atoms with Gasteiger partial charge in [-0.25, -0.2) is 0 Å². The summed E-state index contributed by atoms with van der Waals surface area (Å²) in [6, 6.07) is 8.38. The van der Waals surface area contributed by atoms with Gasteiger partial charge in [0.2, 0.25) is 0 Å². The SMILES string of the molecule is COC(=O)C(C)Cc1cccc(CC(C)N)c1. The molecule has 0 aromatic heterocycles. The number of esters is 1. The van der Waals surface area contributed by atoms with E-state index in [2.05, 4.69) is 12.1 Å². The first kappa shape index (κ1) is 13.7. The van der Waals surface area contributed by atoms with Crippen LogP contribution in [0.15, 0.2) is 24.3 Å². The van der Waals surface area contributed by atoms with Crippen LogP contribution < -0.4 is 5.73 Å². The number of nitrogens with two attached hydrogens (primary N) is 1. The number of hydrogen-bond donors (Lipinski definition) is 1. The second kappa shape index (κ2) is 6.40. The molecule has 0 saturated carbocycles. The monoisotopic (exact) mass is 235 g/mol. The summed E-state index contributed by atoms with van der Waals surface area (Å²) < 4.78 is 4.72. The lowest BCUT2D eigenvalue weighted by molar-refractivity contribution is -0.144. The Morgan fingerprint density at radius 1 is 1.29 bits per heavy atom. The fourth-order valence-electron chi connectivity index (χ4n) is 1.89. The molecule has 1 aromatic rings. The summed E-state index contributed by atoms with van der Waals surface area (Å²) in [7, 11) is 1.42. The second-order valence-corrected chi connectivity index (χ2v) is 4.63. The van der Waals surface area contributed by atoms with Crippen molar-refractivity contribution in [3.05, 3.63) is 35.4 Å². The lowest BCUT2D eigenvalue weighted by Gasteiger charge is -2.11. The fourth-order valence-corrected chi connectivity index (χ4v) is 1.89. The summed E-state index contributed by atoms with van der Waals surface area (Å²) >= 11 is 0. The molecule has 0 fully saturated rings. The molecular weight excluding hydrogens is 214 g/mol. The van der Waals surface area contributed by atoms with E-state index in [9.17, 15) is 4.79 Å². The summed E-state index contributed by atoms with van der Waals surface area (Å²) in [6.07, 6.45) is 1.57. The Labute approximate surface area is 103 Å². The highest BCUT2D eigenvalue weighted by atomic mass is 16.5. The maximum Gasteiger partial charge on any atom is 0.308 e. The van der Waals surface area contributed by atoms with Crippen molar-refractivity contribution in [2.24, 2.45) is 11.7 Å². The van der Waals surface area contributed by atoms with Gasteiger partial charge in [-0.15, -0.1) is 0 Å². The van der Waals surface area contributed by atoms with Crippen molar-refractivity contribution in [2.45, 2.75) is 32.7 Å². The molecule has 0 heterocycles. The molecule has 1 rings (SSSR count). The Hall–Kier alpha value is -1.35. The van der Waals surface area contributed by atoms with Gasteiger partial charge < -0.3 is 10.5 Å². The molecule has 2 atom stereocenters. The third-order valence-corrected chi connectivity index (χ3v) is 2.69. The maximum atomic E-state index is 11.3. The van der Waals surface area contributed by atoms with Crippen LogP contribution in [0.2, 0.25) is 0 Å². The van der Waals surface area contributed by atoms with Crippen LogP contribution in [0.3, 0.4) is 0 Å². The molecule has 0 aliphatic rings. The highest BCUT2D eigenvalue weighted by Gasteiger charge is 2.13. The van der Waals surface area contributed by atoms with Crippen LogP contribution in [0.5, 0.6) is 0 Å². The van der Waals surface area contributed by atoms with Gasteiger partial charge in [-0.05, 0) is 30.9 Å². The van der Waals surface area contributed by atoms with Crippen molar-refractivity contribution in [3.63, 3.8) is 0 Å². The number of carbonyl (C=O) groups excluding carboxylic acids is 1. The molecule has 3 nitrogen and oxygen atoms in total. The molecule has 0 aliphatic carbocycles. The molecule has 0 spiro atoms. The quantitative estimate of drug-likeness (QED) is 0.793. The zero-order chi connectivity index (χ0) is 12.8. The largest absolute Gasteiger partial charge is 0.469 e. The van der Waals surface area contributed by atoms with Crippen molar-refractivity contribution in [3.8, 4) is 0 Å². The number of ether oxygens (including phenoxy) is 1. The molecule has 0 aliphatic heterocycles. The number of benzene rings is 1. The van der Waals surface area contributed by atoms with Gasteiger partial charge in [-0.1, -0.05) is 31.2 Å². The van der Waals surface area contributed by atoms with Crippen molar-refractivity contribution >= 4 is 5.97 Å². The van der Waals surface area contributed by atoms with Crippen molar-refractivity contribution < 1.29 is 9.53 Å². The molecule has 2 N–H and O–H groups in total. The van der Waals surface area contributed by atoms with Crippen LogP contribution in [0, 0.1) is 5.92 Å². The molecule has 2 unspecified atom stereocenters. The van der Waals surface area contributed by atoms with E-state index < -0.39 is 0 Å². The third kappa shape index (κ3) is 4.57. The summed E-state index contributed by atoms with van der Waals surface area (Å²) in [5.74, 6) is -0.270. The highest BCUT2D eigenvalue weighted by Crippen LogP contribution is 2.13. The topological polar surface area (TPSA) is 52.3 Å². The van der Waals surface area contributed by atoms with Gasteiger partial charge in [0, 0.05) is 6.04 Å². The van der Waals surface area contributed by atoms with E-state index >= 15 is 0 Å². The number of methoxy groups -OCH3 is 1. The first-order valence-corrected chi connectivity index (χ1v) is 5.94. The van der Waals surface area contributed by atoms with E-state index in [1.165, 1.54) is 12.7 Å². The molecular formula is C14H21NO2. The van der Waals surface area contributed by atoms with Crippen molar-refractivity contribution in [2.75, 3.05) is 7.11 Å². The summed E-state index contributed by atoms with van der Waals surface area (Å²) in [6.45, 7) is 3.87. The van der Waals surface area contributed by atoms with E-state index in [0.717, 1.165) is 12.0 Å². The summed E-state index contributed by atoms with van der Waals surface area (Å²) in [5.41, 5.74) is 8.14. The van der Waals surface area contributed by atoms with E-state index in [4.69, 9.17) is 10.5 Å².